The van der Waals surface area contributed by atoms with Gasteiger partial charge >= 0.3 is 0 Å². The summed E-state index contributed by atoms with van der Waals surface area (Å²) in [4.78, 5) is 24.5. The molecule has 2 rings (SSSR count). The third kappa shape index (κ3) is 2.07. The lowest BCUT2D eigenvalue weighted by atomic mass is 10.2. The molecule has 0 radical (unpaired) electrons. The van der Waals surface area contributed by atoms with E-state index in [2.05, 4.69) is 0 Å². The summed E-state index contributed by atoms with van der Waals surface area (Å²) in [5.41, 5.74) is -0.0879. The van der Waals surface area contributed by atoms with E-state index in [1.807, 2.05) is 0 Å². The van der Waals surface area contributed by atoms with Crippen molar-refractivity contribution in [3.8, 4) is 0 Å². The van der Waals surface area contributed by atoms with Crippen LogP contribution in [0, 0.1) is 0 Å². The van der Waals surface area contributed by atoms with Crippen molar-refractivity contribution in [2.24, 2.45) is 0 Å². The van der Waals surface area contributed by atoms with Crippen LogP contribution in [0.2, 0.25) is 15.1 Å². The Bertz CT molecular complexity index is 560. The summed E-state index contributed by atoms with van der Waals surface area (Å²) < 4.78 is 0. The van der Waals surface area contributed by atoms with Gasteiger partial charge in [0.05, 0.1) is 28.5 Å². The molecule has 0 bridgehead atoms. The molecule has 1 heterocycles. The number of Topliss-reactive ketones (excluding diaryl/α,β-unsaturated/α-hetero) is 1. The Balaban J connectivity index is 2.52. The SMILES string of the molecule is O=C1CN(c2c(Cl)cc(Cl)cc2Cl)C(=O)/C1=C\O. The summed E-state index contributed by atoms with van der Waals surface area (Å²) in [6.45, 7) is -0.216. The number of carbonyl (C=O) groups is 2. The molecule has 0 unspecified atom stereocenters. The second kappa shape index (κ2) is 4.80. The van der Waals surface area contributed by atoms with Crippen LogP contribution in [0.15, 0.2) is 24.0 Å². The summed E-state index contributed by atoms with van der Waals surface area (Å²) in [7, 11) is 0. The number of carbonyl (C=O) groups excluding carboxylic acids is 2. The molecule has 1 aliphatic heterocycles. The quantitative estimate of drug-likeness (QED) is 0.493. The van der Waals surface area contributed by atoms with Gasteiger partial charge in [0.25, 0.3) is 5.91 Å². The molecule has 1 aliphatic rings. The smallest absolute Gasteiger partial charge is 0.265 e. The van der Waals surface area contributed by atoms with Gasteiger partial charge in [-0.3, -0.25) is 14.5 Å². The number of benzene rings is 1. The maximum Gasteiger partial charge on any atom is 0.265 e. The second-order valence-corrected chi connectivity index (χ2v) is 4.83. The minimum absolute atomic E-state index is 0.160. The van der Waals surface area contributed by atoms with Crippen molar-refractivity contribution < 1.29 is 14.7 Å². The molecule has 1 aromatic rings. The number of nitrogens with zero attached hydrogens (tertiary/aromatic N) is 1. The first-order chi connectivity index (χ1) is 8.45. The van der Waals surface area contributed by atoms with Gasteiger partial charge in [-0.1, -0.05) is 34.8 Å². The van der Waals surface area contributed by atoms with Crippen molar-refractivity contribution in [2.75, 3.05) is 11.4 Å². The first-order valence-electron chi connectivity index (χ1n) is 4.79. The van der Waals surface area contributed by atoms with Crippen LogP contribution in [-0.4, -0.2) is 23.3 Å². The van der Waals surface area contributed by atoms with Crippen LogP contribution in [0.25, 0.3) is 0 Å². The van der Waals surface area contributed by atoms with Crippen LogP contribution in [0.3, 0.4) is 0 Å². The standard InChI is InChI=1S/C11H6Cl3NO3/c12-5-1-7(13)10(8(14)2-5)15-3-9(17)6(4-16)11(15)18/h1-2,4,16H,3H2/b6-4-. The molecule has 1 amide bonds. The van der Waals surface area contributed by atoms with E-state index < -0.39 is 11.7 Å². The summed E-state index contributed by atoms with van der Waals surface area (Å²) >= 11 is 17.7. The number of aliphatic hydroxyl groups excluding tert-OH is 1. The number of amides is 1. The molecule has 7 heteroatoms. The number of rotatable bonds is 1. The van der Waals surface area contributed by atoms with Crippen molar-refractivity contribution in [1.82, 2.24) is 0 Å². The fourth-order valence-corrected chi connectivity index (χ4v) is 2.69. The topological polar surface area (TPSA) is 57.6 Å². The minimum atomic E-state index is -0.645. The van der Waals surface area contributed by atoms with Gasteiger partial charge in [0.1, 0.15) is 5.57 Å². The lowest BCUT2D eigenvalue weighted by Gasteiger charge is -2.17. The Morgan fingerprint density at radius 2 is 1.72 bits per heavy atom. The van der Waals surface area contributed by atoms with E-state index in [0.29, 0.717) is 11.3 Å². The van der Waals surface area contributed by atoms with E-state index in [9.17, 15) is 9.59 Å². The molecule has 0 atom stereocenters. The molecular weight excluding hydrogens is 300 g/mol. The Hall–Kier alpha value is -1.23. The van der Waals surface area contributed by atoms with Gasteiger partial charge in [-0.25, -0.2) is 0 Å². The largest absolute Gasteiger partial charge is 0.515 e. The van der Waals surface area contributed by atoms with Crippen molar-refractivity contribution in [2.45, 2.75) is 0 Å². The van der Waals surface area contributed by atoms with Crippen molar-refractivity contribution in [1.29, 1.82) is 0 Å². The predicted octanol–water partition coefficient (Wildman–Crippen LogP) is 3.00. The van der Waals surface area contributed by atoms with Gasteiger partial charge in [0, 0.05) is 5.02 Å². The Kier molecular flexibility index (Phi) is 3.52. The Morgan fingerprint density at radius 3 is 2.17 bits per heavy atom. The minimum Gasteiger partial charge on any atom is -0.515 e. The van der Waals surface area contributed by atoms with Crippen molar-refractivity contribution in [3.05, 3.63) is 39.0 Å². The first-order valence-corrected chi connectivity index (χ1v) is 5.93. The molecule has 1 N–H and O–H groups in total. The number of anilines is 1. The van der Waals surface area contributed by atoms with E-state index >= 15 is 0 Å². The van der Waals surface area contributed by atoms with E-state index in [-0.39, 0.29) is 27.9 Å². The lowest BCUT2D eigenvalue weighted by molar-refractivity contribution is -0.116. The van der Waals surface area contributed by atoms with Crippen LogP contribution in [0.4, 0.5) is 5.69 Å². The molecule has 0 aliphatic carbocycles. The van der Waals surface area contributed by atoms with Gasteiger partial charge in [-0.2, -0.15) is 0 Å². The Labute approximate surface area is 117 Å². The van der Waals surface area contributed by atoms with Gasteiger partial charge in [-0.15, -0.1) is 0 Å². The monoisotopic (exact) mass is 305 g/mol. The maximum absolute atomic E-state index is 11.9. The average molecular weight is 307 g/mol. The number of halogens is 3. The summed E-state index contributed by atoms with van der Waals surface area (Å²) in [6.07, 6.45) is 0.488. The zero-order valence-electron chi connectivity index (χ0n) is 8.78. The fourth-order valence-electron chi connectivity index (χ4n) is 1.67. The van der Waals surface area contributed by atoms with Crippen molar-refractivity contribution in [3.63, 3.8) is 0 Å². The summed E-state index contributed by atoms with van der Waals surface area (Å²) in [5.74, 6) is -1.14. The highest BCUT2D eigenvalue weighted by Gasteiger charge is 2.36. The molecule has 4 nitrogen and oxygen atoms in total. The van der Waals surface area contributed by atoms with Gasteiger partial charge < -0.3 is 5.11 Å². The molecule has 1 saturated heterocycles. The predicted molar refractivity (Wildman–Crippen MR) is 69.5 cm³/mol. The molecule has 18 heavy (non-hydrogen) atoms. The maximum atomic E-state index is 11.9. The molecular formula is C11H6Cl3NO3. The zero-order valence-corrected chi connectivity index (χ0v) is 11.1. The zero-order chi connectivity index (χ0) is 13.4. The molecule has 94 valence electrons. The number of aliphatic hydroxyl groups is 1. The molecule has 1 fully saturated rings. The van der Waals surface area contributed by atoms with Crippen LogP contribution in [-0.2, 0) is 9.59 Å². The summed E-state index contributed by atoms with van der Waals surface area (Å²) in [6, 6.07) is 2.84. The summed E-state index contributed by atoms with van der Waals surface area (Å²) in [5, 5.41) is 9.48. The van der Waals surface area contributed by atoms with E-state index in [1.54, 1.807) is 0 Å². The van der Waals surface area contributed by atoms with Gasteiger partial charge in [0.2, 0.25) is 0 Å². The molecule has 1 aromatic carbocycles. The molecule has 0 aromatic heterocycles. The first kappa shape index (κ1) is 13.2. The lowest BCUT2D eigenvalue weighted by Crippen LogP contribution is -2.25. The normalized spacial score (nSPS) is 17.9. The highest BCUT2D eigenvalue weighted by Crippen LogP contribution is 2.38. The number of hydrogen-bond donors (Lipinski definition) is 1. The molecule has 0 spiro atoms. The van der Waals surface area contributed by atoms with Crippen LogP contribution >= 0.6 is 34.8 Å². The van der Waals surface area contributed by atoms with Gasteiger partial charge in [0.15, 0.2) is 5.78 Å². The van der Waals surface area contributed by atoms with Gasteiger partial charge in [-0.05, 0) is 12.1 Å². The van der Waals surface area contributed by atoms with Crippen LogP contribution < -0.4 is 4.90 Å². The third-order valence-corrected chi connectivity index (χ3v) is 3.25. The van der Waals surface area contributed by atoms with E-state index in [4.69, 9.17) is 39.9 Å². The average Bonchev–Trinajstić information content (AvgIpc) is 2.53. The Morgan fingerprint density at radius 1 is 1.17 bits per heavy atom. The third-order valence-electron chi connectivity index (χ3n) is 2.46. The second-order valence-electron chi connectivity index (χ2n) is 3.58. The van der Waals surface area contributed by atoms with Crippen LogP contribution in [0.1, 0.15) is 0 Å². The van der Waals surface area contributed by atoms with E-state index in [0.717, 1.165) is 4.90 Å². The van der Waals surface area contributed by atoms with Crippen molar-refractivity contribution >= 4 is 52.2 Å². The van der Waals surface area contributed by atoms with E-state index in [1.165, 1.54) is 12.1 Å². The number of ketones is 1. The fraction of sp³-hybridized carbons (Fsp3) is 0.0909. The number of hydrogen-bond acceptors (Lipinski definition) is 3. The van der Waals surface area contributed by atoms with Crippen LogP contribution in [0.5, 0.6) is 0 Å². The highest BCUT2D eigenvalue weighted by atomic mass is 35.5. The highest BCUT2D eigenvalue weighted by molar-refractivity contribution is 6.44. The molecule has 0 saturated carbocycles.